The third-order valence-electron chi connectivity index (χ3n) is 3.48. The molecule has 2 unspecified atom stereocenters. The molecule has 1 aliphatic rings. The van der Waals surface area contributed by atoms with E-state index in [9.17, 15) is 9.59 Å². The molecule has 18 heavy (non-hydrogen) atoms. The molecule has 0 saturated carbocycles. The largest absolute Gasteiger partial charge is 0.353 e. The molecule has 1 aliphatic heterocycles. The Kier molecular flexibility index (Phi) is 6.16. The van der Waals surface area contributed by atoms with Crippen LogP contribution >= 0.6 is 0 Å². The van der Waals surface area contributed by atoms with Gasteiger partial charge < -0.3 is 10.2 Å². The number of unbranched alkanes of at least 4 members (excludes halogenated alkanes) is 1. The van der Waals surface area contributed by atoms with Crippen LogP contribution in [-0.2, 0) is 9.59 Å². The molecule has 0 aromatic heterocycles. The van der Waals surface area contributed by atoms with Crippen molar-refractivity contribution in [1.29, 1.82) is 0 Å². The van der Waals surface area contributed by atoms with Gasteiger partial charge in [-0.15, -0.1) is 0 Å². The number of carbonyl (C=O) groups excluding carboxylic acids is 2. The topological polar surface area (TPSA) is 49.4 Å². The van der Waals surface area contributed by atoms with E-state index in [0.717, 1.165) is 32.2 Å². The van der Waals surface area contributed by atoms with Crippen molar-refractivity contribution in [3.8, 4) is 0 Å². The summed E-state index contributed by atoms with van der Waals surface area (Å²) in [7, 11) is 0. The van der Waals surface area contributed by atoms with Crippen LogP contribution in [0.25, 0.3) is 0 Å². The molecule has 1 N–H and O–H groups in total. The zero-order valence-electron chi connectivity index (χ0n) is 11.9. The molecular formula is C14H26N2O2. The maximum atomic E-state index is 12.0. The summed E-state index contributed by atoms with van der Waals surface area (Å²) in [4.78, 5) is 25.6. The summed E-state index contributed by atoms with van der Waals surface area (Å²) in [5.74, 6) is 0.0312. The second-order valence-electron chi connectivity index (χ2n) is 5.29. The molecule has 0 aromatic rings. The van der Waals surface area contributed by atoms with Gasteiger partial charge in [0.15, 0.2) is 0 Å². The first-order valence-corrected chi connectivity index (χ1v) is 7.16. The number of likely N-dealkylation sites (tertiary alicyclic amines) is 1. The number of nitrogens with zero attached hydrogens (tertiary/aromatic N) is 1. The van der Waals surface area contributed by atoms with E-state index in [1.807, 2.05) is 11.8 Å². The summed E-state index contributed by atoms with van der Waals surface area (Å²) in [6.45, 7) is 7.63. The van der Waals surface area contributed by atoms with E-state index in [2.05, 4.69) is 19.2 Å². The molecule has 4 heteroatoms. The minimum absolute atomic E-state index is 0.0447. The lowest BCUT2D eigenvalue weighted by Crippen LogP contribution is -2.38. The smallest absolute Gasteiger partial charge is 0.225 e. The first kappa shape index (κ1) is 15.0. The lowest BCUT2D eigenvalue weighted by molar-refractivity contribution is -0.129. The quantitative estimate of drug-likeness (QED) is 0.755. The van der Waals surface area contributed by atoms with E-state index in [-0.39, 0.29) is 23.8 Å². The number of carbonyl (C=O) groups is 2. The number of nitrogens with one attached hydrogen (secondary N) is 1. The van der Waals surface area contributed by atoms with E-state index < -0.39 is 0 Å². The van der Waals surface area contributed by atoms with Gasteiger partial charge in [0, 0.05) is 25.6 Å². The van der Waals surface area contributed by atoms with Gasteiger partial charge in [-0.3, -0.25) is 9.59 Å². The van der Waals surface area contributed by atoms with Crippen LogP contribution in [0.2, 0.25) is 0 Å². The van der Waals surface area contributed by atoms with Gasteiger partial charge >= 0.3 is 0 Å². The summed E-state index contributed by atoms with van der Waals surface area (Å²) in [6, 6.07) is 0.210. The maximum absolute atomic E-state index is 12.0. The summed E-state index contributed by atoms with van der Waals surface area (Å²) >= 11 is 0. The van der Waals surface area contributed by atoms with Gasteiger partial charge in [-0.25, -0.2) is 0 Å². The van der Waals surface area contributed by atoms with Crippen LogP contribution in [0.3, 0.4) is 0 Å². The predicted octanol–water partition coefficient (Wildman–Crippen LogP) is 1.94. The Morgan fingerprint density at radius 3 is 2.78 bits per heavy atom. The first-order chi connectivity index (χ1) is 8.58. The molecule has 4 nitrogen and oxygen atoms in total. The maximum Gasteiger partial charge on any atom is 0.225 e. The highest BCUT2D eigenvalue weighted by molar-refractivity contribution is 5.89. The van der Waals surface area contributed by atoms with Crippen LogP contribution in [0.15, 0.2) is 0 Å². The van der Waals surface area contributed by atoms with Crippen molar-refractivity contribution in [2.45, 2.75) is 58.9 Å². The third-order valence-corrected chi connectivity index (χ3v) is 3.48. The van der Waals surface area contributed by atoms with Crippen molar-refractivity contribution in [3.05, 3.63) is 0 Å². The highest BCUT2D eigenvalue weighted by Crippen LogP contribution is 2.18. The summed E-state index contributed by atoms with van der Waals surface area (Å²) in [5.41, 5.74) is 0. The lowest BCUT2D eigenvalue weighted by atomic mass is 10.1. The average molecular weight is 254 g/mol. The molecule has 104 valence electrons. The van der Waals surface area contributed by atoms with Crippen LogP contribution in [0.5, 0.6) is 0 Å². The SMILES string of the molecule is CCCCN1CC(C(=O)NC(C)CCC)CC1=O. The monoisotopic (exact) mass is 254 g/mol. The number of hydrogen-bond donors (Lipinski definition) is 1. The molecule has 1 rings (SSSR count). The van der Waals surface area contributed by atoms with E-state index >= 15 is 0 Å². The zero-order valence-corrected chi connectivity index (χ0v) is 11.9. The predicted molar refractivity (Wildman–Crippen MR) is 72.1 cm³/mol. The van der Waals surface area contributed by atoms with Gasteiger partial charge in [0.1, 0.15) is 0 Å². The minimum Gasteiger partial charge on any atom is -0.353 e. The van der Waals surface area contributed by atoms with Crippen LogP contribution in [0, 0.1) is 5.92 Å². The Labute approximate surface area is 110 Å². The Morgan fingerprint density at radius 1 is 1.44 bits per heavy atom. The number of rotatable bonds is 7. The molecule has 1 saturated heterocycles. The summed E-state index contributed by atoms with van der Waals surface area (Å²) < 4.78 is 0. The van der Waals surface area contributed by atoms with Crippen molar-refractivity contribution < 1.29 is 9.59 Å². The molecule has 1 heterocycles. The normalized spacial score (nSPS) is 21.2. The molecule has 0 aromatic carbocycles. The van der Waals surface area contributed by atoms with Crippen LogP contribution in [-0.4, -0.2) is 35.8 Å². The van der Waals surface area contributed by atoms with Gasteiger partial charge in [0.05, 0.1) is 5.92 Å². The van der Waals surface area contributed by atoms with E-state index in [1.165, 1.54) is 0 Å². The molecule has 2 amide bonds. The number of hydrogen-bond acceptors (Lipinski definition) is 2. The van der Waals surface area contributed by atoms with Crippen molar-refractivity contribution in [2.24, 2.45) is 5.92 Å². The van der Waals surface area contributed by atoms with Crippen molar-refractivity contribution >= 4 is 11.8 Å². The molecule has 2 atom stereocenters. The molecule has 0 spiro atoms. The Morgan fingerprint density at radius 2 is 2.17 bits per heavy atom. The highest BCUT2D eigenvalue weighted by Gasteiger charge is 2.33. The summed E-state index contributed by atoms with van der Waals surface area (Å²) in [5, 5.41) is 3.00. The van der Waals surface area contributed by atoms with Gasteiger partial charge in [-0.05, 0) is 19.8 Å². The van der Waals surface area contributed by atoms with Crippen LogP contribution in [0.1, 0.15) is 52.9 Å². The standard InChI is InChI=1S/C14H26N2O2/c1-4-6-8-16-10-12(9-13(16)17)14(18)15-11(3)7-5-2/h11-12H,4-10H2,1-3H3,(H,15,18). The number of amides is 2. The molecule has 0 bridgehead atoms. The molecule has 0 radical (unpaired) electrons. The second-order valence-corrected chi connectivity index (χ2v) is 5.29. The molecular weight excluding hydrogens is 228 g/mol. The Balaban J connectivity index is 2.39. The fourth-order valence-corrected chi connectivity index (χ4v) is 2.38. The zero-order chi connectivity index (χ0) is 13.5. The fourth-order valence-electron chi connectivity index (χ4n) is 2.38. The van der Waals surface area contributed by atoms with E-state index in [1.54, 1.807) is 0 Å². The van der Waals surface area contributed by atoms with Crippen molar-refractivity contribution in [2.75, 3.05) is 13.1 Å². The molecule has 0 aliphatic carbocycles. The van der Waals surface area contributed by atoms with Gasteiger partial charge in [0.2, 0.25) is 11.8 Å². The Hall–Kier alpha value is -1.06. The lowest BCUT2D eigenvalue weighted by Gasteiger charge is -2.18. The van der Waals surface area contributed by atoms with E-state index in [0.29, 0.717) is 13.0 Å². The van der Waals surface area contributed by atoms with Crippen molar-refractivity contribution in [3.63, 3.8) is 0 Å². The van der Waals surface area contributed by atoms with Crippen LogP contribution < -0.4 is 5.32 Å². The van der Waals surface area contributed by atoms with Gasteiger partial charge in [-0.1, -0.05) is 26.7 Å². The second kappa shape index (κ2) is 7.39. The minimum atomic E-state index is -0.145. The summed E-state index contributed by atoms with van der Waals surface area (Å²) in [6.07, 6.45) is 4.54. The van der Waals surface area contributed by atoms with Crippen molar-refractivity contribution in [1.82, 2.24) is 10.2 Å². The fraction of sp³-hybridized carbons (Fsp3) is 0.857. The highest BCUT2D eigenvalue weighted by atomic mass is 16.2. The van der Waals surface area contributed by atoms with Gasteiger partial charge in [-0.2, -0.15) is 0 Å². The Bertz CT molecular complexity index is 292. The third kappa shape index (κ3) is 4.31. The average Bonchev–Trinajstić information content (AvgIpc) is 2.68. The van der Waals surface area contributed by atoms with Crippen LogP contribution in [0.4, 0.5) is 0 Å². The van der Waals surface area contributed by atoms with Gasteiger partial charge in [0.25, 0.3) is 0 Å². The first-order valence-electron chi connectivity index (χ1n) is 7.16. The molecule has 1 fully saturated rings. The van der Waals surface area contributed by atoms with E-state index in [4.69, 9.17) is 0 Å².